The quantitative estimate of drug-likeness (QED) is 0.167. The molecule has 53 heavy (non-hydrogen) atoms. The molecule has 0 amide bonds. The lowest BCUT2D eigenvalue weighted by Crippen LogP contribution is -2.10. The van der Waals surface area contributed by atoms with Crippen LogP contribution in [0.5, 0.6) is 0 Å². The van der Waals surface area contributed by atoms with E-state index < -0.39 is 0 Å². The Bertz CT molecular complexity index is 2860. The van der Waals surface area contributed by atoms with E-state index in [-0.39, 0.29) is 0 Å². The first-order chi connectivity index (χ1) is 26.3. The number of benzene rings is 9. The van der Waals surface area contributed by atoms with Gasteiger partial charge in [0.1, 0.15) is 11.2 Å². The minimum Gasteiger partial charge on any atom is -0.455 e. The van der Waals surface area contributed by atoms with Crippen LogP contribution in [0.4, 0.5) is 34.1 Å². The average Bonchev–Trinajstić information content (AvgIpc) is 3.62. The van der Waals surface area contributed by atoms with Gasteiger partial charge >= 0.3 is 0 Å². The molecule has 10 rings (SSSR count). The first-order valence-electron chi connectivity index (χ1n) is 18.0. The third kappa shape index (κ3) is 5.38. The van der Waals surface area contributed by atoms with Crippen molar-refractivity contribution in [2.45, 2.75) is 0 Å². The van der Waals surface area contributed by atoms with Crippen molar-refractivity contribution in [2.75, 3.05) is 9.80 Å². The van der Waals surface area contributed by atoms with Gasteiger partial charge in [0.15, 0.2) is 0 Å². The predicted octanol–water partition coefficient (Wildman–Crippen LogP) is 14.5. The summed E-state index contributed by atoms with van der Waals surface area (Å²) in [7, 11) is 0. The van der Waals surface area contributed by atoms with Gasteiger partial charge in [-0.25, -0.2) is 0 Å². The average molecular weight is 679 g/mol. The fraction of sp³-hybridized carbons (Fsp3) is 0. The number of para-hydroxylation sites is 3. The Labute approximate surface area is 308 Å². The molecule has 250 valence electrons. The van der Waals surface area contributed by atoms with Gasteiger partial charge in [0, 0.05) is 50.0 Å². The Morgan fingerprint density at radius 1 is 0.340 bits per heavy atom. The van der Waals surface area contributed by atoms with Crippen LogP contribution < -0.4 is 9.80 Å². The summed E-state index contributed by atoms with van der Waals surface area (Å²) in [6, 6.07) is 73.2. The van der Waals surface area contributed by atoms with Crippen molar-refractivity contribution in [1.29, 1.82) is 0 Å². The van der Waals surface area contributed by atoms with Crippen molar-refractivity contribution in [3.63, 3.8) is 0 Å². The van der Waals surface area contributed by atoms with Crippen LogP contribution in [0.2, 0.25) is 0 Å². The Hall–Kier alpha value is -7.10. The first kappa shape index (κ1) is 30.7. The lowest BCUT2D eigenvalue weighted by atomic mass is 9.96. The molecule has 0 saturated carbocycles. The van der Waals surface area contributed by atoms with Crippen molar-refractivity contribution in [3.05, 3.63) is 206 Å². The third-order valence-electron chi connectivity index (χ3n) is 10.2. The van der Waals surface area contributed by atoms with Crippen LogP contribution in [0, 0.1) is 0 Å². The van der Waals surface area contributed by atoms with Gasteiger partial charge in [-0.15, -0.1) is 0 Å². The van der Waals surface area contributed by atoms with E-state index in [2.05, 4.69) is 216 Å². The molecule has 3 heteroatoms. The normalized spacial score (nSPS) is 11.4. The highest BCUT2D eigenvalue weighted by molar-refractivity contribution is 6.22. The Morgan fingerprint density at radius 3 is 1.62 bits per heavy atom. The Morgan fingerprint density at radius 2 is 0.906 bits per heavy atom. The number of anilines is 6. The second kappa shape index (κ2) is 12.9. The van der Waals surface area contributed by atoms with Crippen LogP contribution in [0.3, 0.4) is 0 Å². The van der Waals surface area contributed by atoms with E-state index in [0.29, 0.717) is 0 Å². The molecule has 0 saturated heterocycles. The molecular formula is C50H34N2O. The molecule has 0 radical (unpaired) electrons. The number of hydrogen-bond donors (Lipinski definition) is 0. The van der Waals surface area contributed by atoms with Gasteiger partial charge in [-0.05, 0) is 94.7 Å². The maximum absolute atomic E-state index is 6.80. The molecule has 0 fully saturated rings. The number of furan rings is 1. The van der Waals surface area contributed by atoms with Gasteiger partial charge in [-0.2, -0.15) is 0 Å². The highest BCUT2D eigenvalue weighted by atomic mass is 16.3. The van der Waals surface area contributed by atoms with E-state index in [0.717, 1.165) is 78.0 Å². The maximum Gasteiger partial charge on any atom is 0.143 e. The fourth-order valence-electron chi connectivity index (χ4n) is 7.79. The maximum atomic E-state index is 6.80. The van der Waals surface area contributed by atoms with Crippen LogP contribution in [-0.2, 0) is 0 Å². The van der Waals surface area contributed by atoms with Crippen molar-refractivity contribution >= 4 is 77.6 Å². The molecule has 0 N–H and O–H groups in total. The van der Waals surface area contributed by atoms with E-state index in [1.807, 2.05) is 0 Å². The van der Waals surface area contributed by atoms with E-state index in [4.69, 9.17) is 4.42 Å². The smallest absolute Gasteiger partial charge is 0.143 e. The molecule has 0 spiro atoms. The van der Waals surface area contributed by atoms with Gasteiger partial charge in [-0.1, -0.05) is 133 Å². The van der Waals surface area contributed by atoms with Gasteiger partial charge in [0.2, 0.25) is 0 Å². The van der Waals surface area contributed by atoms with Crippen molar-refractivity contribution in [3.8, 4) is 11.1 Å². The molecule has 0 atom stereocenters. The zero-order chi connectivity index (χ0) is 35.1. The standard InChI is InChI=1S/C50H34N2O/c1-4-19-38(20-5-1)51(42-31-30-35-16-10-11-17-36(35)32-42)41-25-14-18-37(33-41)43-28-15-29-48-49(43)46-34-47(44-26-12-13-27-45(44)50(46)53-48)52(39-21-6-2-7-22-39)40-23-8-3-9-24-40/h1-34H. The summed E-state index contributed by atoms with van der Waals surface area (Å²) in [5.74, 6) is 0. The second-order valence-electron chi connectivity index (χ2n) is 13.4. The molecule has 0 aliphatic rings. The monoisotopic (exact) mass is 678 g/mol. The molecule has 0 bridgehead atoms. The van der Waals surface area contributed by atoms with Crippen LogP contribution >= 0.6 is 0 Å². The second-order valence-corrected chi connectivity index (χ2v) is 13.4. The van der Waals surface area contributed by atoms with Crippen LogP contribution in [-0.4, -0.2) is 0 Å². The zero-order valence-corrected chi connectivity index (χ0v) is 28.9. The molecule has 1 aromatic heterocycles. The summed E-state index contributed by atoms with van der Waals surface area (Å²) >= 11 is 0. The molecule has 3 nitrogen and oxygen atoms in total. The summed E-state index contributed by atoms with van der Waals surface area (Å²) in [5.41, 5.74) is 10.6. The van der Waals surface area contributed by atoms with E-state index >= 15 is 0 Å². The highest BCUT2D eigenvalue weighted by Crippen LogP contribution is 2.47. The van der Waals surface area contributed by atoms with Gasteiger partial charge in [0.05, 0.1) is 5.69 Å². The van der Waals surface area contributed by atoms with Crippen LogP contribution in [0.15, 0.2) is 211 Å². The molecule has 9 aromatic carbocycles. The van der Waals surface area contributed by atoms with Crippen molar-refractivity contribution in [2.24, 2.45) is 0 Å². The lowest BCUT2D eigenvalue weighted by molar-refractivity contribution is 0.673. The van der Waals surface area contributed by atoms with Crippen LogP contribution in [0.1, 0.15) is 0 Å². The number of fused-ring (bicyclic) bond motifs is 6. The minimum absolute atomic E-state index is 0.866. The number of rotatable bonds is 7. The molecule has 0 unspecified atom stereocenters. The Balaban J connectivity index is 1.20. The number of hydrogen-bond acceptors (Lipinski definition) is 3. The molecule has 0 aliphatic heterocycles. The van der Waals surface area contributed by atoms with E-state index in [1.165, 1.54) is 10.8 Å². The summed E-state index contributed by atoms with van der Waals surface area (Å²) < 4.78 is 6.80. The van der Waals surface area contributed by atoms with Gasteiger partial charge < -0.3 is 14.2 Å². The molecule has 10 aromatic rings. The van der Waals surface area contributed by atoms with Crippen molar-refractivity contribution in [1.82, 2.24) is 0 Å². The summed E-state index contributed by atoms with van der Waals surface area (Å²) in [6.45, 7) is 0. The third-order valence-corrected chi connectivity index (χ3v) is 10.2. The van der Waals surface area contributed by atoms with E-state index in [1.54, 1.807) is 0 Å². The summed E-state index contributed by atoms with van der Waals surface area (Å²) in [4.78, 5) is 4.69. The van der Waals surface area contributed by atoms with Gasteiger partial charge in [0.25, 0.3) is 0 Å². The number of nitrogens with zero attached hydrogens (tertiary/aromatic N) is 2. The largest absolute Gasteiger partial charge is 0.455 e. The SMILES string of the molecule is c1ccc(N(c2cccc(-c3cccc4oc5c6ccccc6c(N(c6ccccc6)c6ccccc6)cc5c34)c2)c2ccc3ccccc3c2)cc1. The topological polar surface area (TPSA) is 19.6 Å². The predicted molar refractivity (Wildman–Crippen MR) is 224 cm³/mol. The van der Waals surface area contributed by atoms with Crippen LogP contribution in [0.25, 0.3) is 54.6 Å². The molecule has 1 heterocycles. The zero-order valence-electron chi connectivity index (χ0n) is 28.9. The first-order valence-corrected chi connectivity index (χ1v) is 18.0. The van der Waals surface area contributed by atoms with Gasteiger partial charge in [-0.3, -0.25) is 0 Å². The van der Waals surface area contributed by atoms with E-state index in [9.17, 15) is 0 Å². The molecule has 0 aliphatic carbocycles. The minimum atomic E-state index is 0.866. The fourth-order valence-corrected chi connectivity index (χ4v) is 7.79. The Kier molecular flexibility index (Phi) is 7.47. The molecular weight excluding hydrogens is 645 g/mol. The van der Waals surface area contributed by atoms with Crippen molar-refractivity contribution < 1.29 is 4.42 Å². The summed E-state index contributed by atoms with van der Waals surface area (Å²) in [6.07, 6.45) is 0. The lowest BCUT2D eigenvalue weighted by Gasteiger charge is -2.27. The summed E-state index contributed by atoms with van der Waals surface area (Å²) in [5, 5.41) is 6.83. The highest BCUT2D eigenvalue weighted by Gasteiger charge is 2.22.